The number of aliphatic hydroxyl groups is 1. The molecule has 2 aromatic carbocycles. The molecule has 4 N–H and O–H groups in total. The van der Waals surface area contributed by atoms with E-state index in [2.05, 4.69) is 15.3 Å². The third kappa shape index (κ3) is 8.82. The highest BCUT2D eigenvalue weighted by Gasteiger charge is 2.21. The van der Waals surface area contributed by atoms with E-state index in [-0.39, 0.29) is 51.8 Å². The number of benzene rings is 2. The number of pyridine rings is 2. The van der Waals surface area contributed by atoms with E-state index in [1.807, 2.05) is 66.7 Å². The molecule has 3 amide bonds. The molecule has 0 saturated heterocycles. The van der Waals surface area contributed by atoms with Gasteiger partial charge in [0.15, 0.2) is 0 Å². The van der Waals surface area contributed by atoms with Crippen molar-refractivity contribution in [3.63, 3.8) is 0 Å². The summed E-state index contributed by atoms with van der Waals surface area (Å²) in [6.07, 6.45) is 1.68. The molecular formula is C31H34N6O5. The number of carbonyl (C=O) groups excluding carboxylic acids is 3. The summed E-state index contributed by atoms with van der Waals surface area (Å²) in [6, 6.07) is 24.6. The monoisotopic (exact) mass is 570 g/mol. The summed E-state index contributed by atoms with van der Waals surface area (Å²) in [5.74, 6) is -1.04. The van der Waals surface area contributed by atoms with E-state index in [1.165, 1.54) is 9.80 Å². The van der Waals surface area contributed by atoms with E-state index in [0.717, 1.165) is 16.3 Å². The summed E-state index contributed by atoms with van der Waals surface area (Å²) in [7, 11) is 0. The van der Waals surface area contributed by atoms with Crippen LogP contribution in [-0.2, 0) is 20.9 Å². The van der Waals surface area contributed by atoms with E-state index >= 15 is 0 Å². The van der Waals surface area contributed by atoms with Crippen molar-refractivity contribution in [1.82, 2.24) is 25.1 Å². The molecule has 218 valence electrons. The van der Waals surface area contributed by atoms with Crippen molar-refractivity contribution in [2.75, 3.05) is 45.9 Å². The first-order valence-electron chi connectivity index (χ1n) is 13.6. The maximum atomic E-state index is 13.1. The molecule has 11 nitrogen and oxygen atoms in total. The van der Waals surface area contributed by atoms with Crippen LogP contribution in [0, 0.1) is 0 Å². The summed E-state index contributed by atoms with van der Waals surface area (Å²) < 4.78 is 5.78. The molecule has 2 aromatic heterocycles. The van der Waals surface area contributed by atoms with Crippen molar-refractivity contribution in [3.8, 4) is 17.3 Å². The SMILES string of the molecule is NC(=O)CN(CCOc1cccc(-c2ccccn2)n1)CC(=O)N(CCO)CC(=O)NCc1cccc2ccccc12. The highest BCUT2D eigenvalue weighted by atomic mass is 16.5. The summed E-state index contributed by atoms with van der Waals surface area (Å²) in [5.41, 5.74) is 7.72. The number of primary amides is 1. The van der Waals surface area contributed by atoms with Crippen LogP contribution in [0.2, 0.25) is 0 Å². The van der Waals surface area contributed by atoms with Gasteiger partial charge in [-0.3, -0.25) is 24.3 Å². The van der Waals surface area contributed by atoms with Gasteiger partial charge in [0.25, 0.3) is 0 Å². The fraction of sp³-hybridized carbons (Fsp3) is 0.258. The van der Waals surface area contributed by atoms with Gasteiger partial charge in [0.05, 0.1) is 37.6 Å². The number of aliphatic hydroxyl groups excluding tert-OH is 1. The summed E-state index contributed by atoms with van der Waals surface area (Å²) in [6.45, 7) is -0.348. The molecule has 0 radical (unpaired) electrons. The number of ether oxygens (including phenoxy) is 1. The number of fused-ring (bicyclic) bond motifs is 1. The largest absolute Gasteiger partial charge is 0.476 e. The Hall–Kier alpha value is -4.87. The van der Waals surface area contributed by atoms with E-state index in [4.69, 9.17) is 10.5 Å². The Bertz CT molecular complexity index is 1490. The normalized spacial score (nSPS) is 10.9. The Morgan fingerprint density at radius 1 is 0.857 bits per heavy atom. The van der Waals surface area contributed by atoms with Crippen molar-refractivity contribution in [2.24, 2.45) is 5.73 Å². The van der Waals surface area contributed by atoms with Gasteiger partial charge >= 0.3 is 0 Å². The minimum absolute atomic E-state index is 0.0360. The van der Waals surface area contributed by atoms with Crippen LogP contribution in [0.5, 0.6) is 5.88 Å². The van der Waals surface area contributed by atoms with Crippen LogP contribution >= 0.6 is 0 Å². The van der Waals surface area contributed by atoms with Gasteiger partial charge < -0.3 is 25.8 Å². The molecule has 0 aliphatic heterocycles. The van der Waals surface area contributed by atoms with Crippen LogP contribution in [0.15, 0.2) is 85.1 Å². The third-order valence-corrected chi connectivity index (χ3v) is 6.46. The van der Waals surface area contributed by atoms with E-state index in [1.54, 1.807) is 18.3 Å². The fourth-order valence-electron chi connectivity index (χ4n) is 4.44. The summed E-state index contributed by atoms with van der Waals surface area (Å²) in [5, 5.41) is 14.5. The molecule has 0 saturated carbocycles. The van der Waals surface area contributed by atoms with Crippen molar-refractivity contribution in [1.29, 1.82) is 0 Å². The predicted octanol–water partition coefficient (Wildman–Crippen LogP) is 1.60. The lowest BCUT2D eigenvalue weighted by Crippen LogP contribution is -2.48. The molecule has 0 aliphatic rings. The number of nitrogens with zero attached hydrogens (tertiary/aromatic N) is 4. The molecular weight excluding hydrogens is 536 g/mol. The molecule has 11 heteroatoms. The van der Waals surface area contributed by atoms with Gasteiger partial charge in [0, 0.05) is 31.9 Å². The zero-order chi connectivity index (χ0) is 29.7. The average Bonchev–Trinajstić information content (AvgIpc) is 3.00. The quantitative estimate of drug-likeness (QED) is 0.195. The molecule has 0 aliphatic carbocycles. The van der Waals surface area contributed by atoms with Gasteiger partial charge in [0.2, 0.25) is 23.6 Å². The second kappa shape index (κ2) is 15.2. The molecule has 4 rings (SSSR count). The summed E-state index contributed by atoms with van der Waals surface area (Å²) >= 11 is 0. The molecule has 0 bridgehead atoms. The van der Waals surface area contributed by atoms with Crippen molar-refractivity contribution in [2.45, 2.75) is 6.54 Å². The van der Waals surface area contributed by atoms with Crippen LogP contribution < -0.4 is 15.8 Å². The predicted molar refractivity (Wildman–Crippen MR) is 158 cm³/mol. The number of rotatable bonds is 15. The van der Waals surface area contributed by atoms with E-state index < -0.39 is 11.8 Å². The first kappa shape index (κ1) is 30.1. The number of nitrogens with one attached hydrogen (secondary N) is 1. The first-order chi connectivity index (χ1) is 20.4. The Kier molecular flexibility index (Phi) is 10.9. The minimum atomic E-state index is -0.611. The lowest BCUT2D eigenvalue weighted by Gasteiger charge is -2.26. The van der Waals surface area contributed by atoms with Crippen LogP contribution in [0.25, 0.3) is 22.2 Å². The van der Waals surface area contributed by atoms with E-state index in [0.29, 0.717) is 23.8 Å². The lowest BCUT2D eigenvalue weighted by molar-refractivity contribution is -0.138. The second-order valence-corrected chi connectivity index (χ2v) is 9.56. The molecule has 2 heterocycles. The Labute approximate surface area is 243 Å². The molecule has 0 unspecified atom stereocenters. The number of hydrogen-bond donors (Lipinski definition) is 3. The van der Waals surface area contributed by atoms with Crippen LogP contribution in [-0.4, -0.2) is 88.5 Å². The van der Waals surface area contributed by atoms with Crippen LogP contribution in [0.3, 0.4) is 0 Å². The van der Waals surface area contributed by atoms with Crippen LogP contribution in [0.4, 0.5) is 0 Å². The van der Waals surface area contributed by atoms with Crippen LogP contribution in [0.1, 0.15) is 5.56 Å². The second-order valence-electron chi connectivity index (χ2n) is 9.56. The maximum absolute atomic E-state index is 13.1. The maximum Gasteiger partial charge on any atom is 0.239 e. The topological polar surface area (TPSA) is 151 Å². The lowest BCUT2D eigenvalue weighted by atomic mass is 10.0. The number of amides is 3. The summed E-state index contributed by atoms with van der Waals surface area (Å²) in [4.78, 5) is 49.1. The highest BCUT2D eigenvalue weighted by Crippen LogP contribution is 2.19. The van der Waals surface area contributed by atoms with Crippen molar-refractivity contribution >= 4 is 28.5 Å². The molecule has 0 atom stereocenters. The number of hydrogen-bond acceptors (Lipinski definition) is 8. The van der Waals surface area contributed by atoms with Gasteiger partial charge in [0.1, 0.15) is 6.61 Å². The van der Waals surface area contributed by atoms with Gasteiger partial charge in [-0.05, 0) is 34.5 Å². The number of nitrogens with two attached hydrogens (primary N) is 1. The Morgan fingerprint density at radius 2 is 1.62 bits per heavy atom. The molecule has 0 spiro atoms. The van der Waals surface area contributed by atoms with Gasteiger partial charge in [-0.2, -0.15) is 0 Å². The third-order valence-electron chi connectivity index (χ3n) is 6.46. The molecule has 42 heavy (non-hydrogen) atoms. The van der Waals surface area contributed by atoms with Gasteiger partial charge in [-0.25, -0.2) is 4.98 Å². The Morgan fingerprint density at radius 3 is 2.40 bits per heavy atom. The standard InChI is InChI=1S/C31H34N6O5/c32-28(39)20-36(16-18-42-30-13-6-12-27(35-30)26-11-3-4-14-33-26)22-31(41)37(15-17-38)21-29(40)34-19-24-9-5-8-23-7-1-2-10-25(23)24/h1-14,38H,15-22H2,(H2,32,39)(H,34,40). The Balaban J connectivity index is 1.31. The van der Waals surface area contributed by atoms with E-state index in [9.17, 15) is 19.5 Å². The minimum Gasteiger partial charge on any atom is -0.476 e. The molecule has 0 fully saturated rings. The first-order valence-corrected chi connectivity index (χ1v) is 13.6. The average molecular weight is 571 g/mol. The highest BCUT2D eigenvalue weighted by molar-refractivity contribution is 5.88. The van der Waals surface area contributed by atoms with Crippen molar-refractivity contribution < 1.29 is 24.2 Å². The number of carbonyl (C=O) groups is 3. The fourth-order valence-corrected chi connectivity index (χ4v) is 4.44. The van der Waals surface area contributed by atoms with Gasteiger partial charge in [-0.1, -0.05) is 54.6 Å². The zero-order valence-corrected chi connectivity index (χ0v) is 23.2. The zero-order valence-electron chi connectivity index (χ0n) is 23.2. The molecule has 4 aromatic rings. The van der Waals surface area contributed by atoms with Gasteiger partial charge in [-0.15, -0.1) is 0 Å². The smallest absolute Gasteiger partial charge is 0.239 e. The number of aromatic nitrogens is 2. The van der Waals surface area contributed by atoms with Crippen molar-refractivity contribution in [3.05, 3.63) is 90.6 Å².